The molecule has 2 rings (SSSR count). The Labute approximate surface area is 133 Å². The fourth-order valence-corrected chi connectivity index (χ4v) is 2.25. The number of aromatic nitrogens is 1. The number of benzene rings is 1. The molecule has 1 aromatic heterocycles. The third-order valence-electron chi connectivity index (χ3n) is 2.52. The Balaban J connectivity index is 2.27. The predicted molar refractivity (Wildman–Crippen MR) is 81.0 cm³/mol. The smallest absolute Gasteiger partial charge is 0.256 e. The molecule has 20 heavy (non-hydrogen) atoms. The first-order valence-electron chi connectivity index (χ1n) is 5.47. The van der Waals surface area contributed by atoms with Crippen LogP contribution in [0.4, 0.5) is 10.2 Å². The van der Waals surface area contributed by atoms with E-state index in [1.54, 1.807) is 6.92 Å². The molecule has 1 aromatic carbocycles. The van der Waals surface area contributed by atoms with Gasteiger partial charge in [-0.25, -0.2) is 9.37 Å². The van der Waals surface area contributed by atoms with Crippen LogP contribution in [-0.2, 0) is 0 Å². The second-order valence-corrected chi connectivity index (χ2v) is 5.64. The molecule has 1 amide bonds. The van der Waals surface area contributed by atoms with Crippen LogP contribution < -0.4 is 5.32 Å². The van der Waals surface area contributed by atoms with Crippen LogP contribution in [0.5, 0.6) is 0 Å². The molecule has 0 unspecified atom stereocenters. The summed E-state index contributed by atoms with van der Waals surface area (Å²) in [7, 11) is 0. The van der Waals surface area contributed by atoms with Gasteiger partial charge in [-0.3, -0.25) is 4.79 Å². The van der Waals surface area contributed by atoms with Crippen LogP contribution >= 0.6 is 39.1 Å². The molecule has 0 saturated carbocycles. The minimum atomic E-state index is -0.444. The third-order valence-corrected chi connectivity index (χ3v) is 3.80. The van der Waals surface area contributed by atoms with Gasteiger partial charge >= 0.3 is 0 Å². The van der Waals surface area contributed by atoms with Gasteiger partial charge in [0.1, 0.15) is 5.82 Å². The lowest BCUT2D eigenvalue weighted by atomic mass is 10.2. The molecule has 1 N–H and O–H groups in total. The van der Waals surface area contributed by atoms with E-state index in [0.717, 1.165) is 0 Å². The van der Waals surface area contributed by atoms with Crippen molar-refractivity contribution in [1.29, 1.82) is 0 Å². The molecule has 0 spiro atoms. The van der Waals surface area contributed by atoms with E-state index in [1.165, 1.54) is 24.3 Å². The highest BCUT2D eigenvalue weighted by Gasteiger charge is 2.13. The Morgan fingerprint density at radius 3 is 2.65 bits per heavy atom. The molecule has 3 nitrogen and oxygen atoms in total. The van der Waals surface area contributed by atoms with Gasteiger partial charge < -0.3 is 5.32 Å². The summed E-state index contributed by atoms with van der Waals surface area (Å²) in [5.41, 5.74) is 0.829. The van der Waals surface area contributed by atoms with Crippen molar-refractivity contribution in [1.82, 2.24) is 4.98 Å². The zero-order valence-electron chi connectivity index (χ0n) is 10.2. The number of rotatable bonds is 2. The zero-order chi connectivity index (χ0) is 14.9. The van der Waals surface area contributed by atoms with E-state index < -0.39 is 11.7 Å². The maximum Gasteiger partial charge on any atom is 0.256 e. The third kappa shape index (κ3) is 3.29. The average molecular weight is 378 g/mol. The van der Waals surface area contributed by atoms with Crippen molar-refractivity contribution in [3.8, 4) is 0 Å². The lowest BCUT2D eigenvalue weighted by Gasteiger charge is -2.08. The first-order chi connectivity index (χ1) is 9.38. The first kappa shape index (κ1) is 15.2. The highest BCUT2D eigenvalue weighted by Crippen LogP contribution is 2.26. The molecule has 7 heteroatoms. The van der Waals surface area contributed by atoms with Gasteiger partial charge in [-0.2, -0.15) is 0 Å². The number of halogens is 4. The van der Waals surface area contributed by atoms with Crippen molar-refractivity contribution in [2.45, 2.75) is 6.92 Å². The van der Waals surface area contributed by atoms with Crippen molar-refractivity contribution in [3.05, 3.63) is 55.9 Å². The molecule has 0 radical (unpaired) electrons. The Morgan fingerprint density at radius 1 is 1.30 bits per heavy atom. The summed E-state index contributed by atoms with van der Waals surface area (Å²) < 4.78 is 13.3. The monoisotopic (exact) mass is 376 g/mol. The molecule has 0 aliphatic heterocycles. The molecule has 0 aliphatic rings. The first-order valence-corrected chi connectivity index (χ1v) is 7.02. The molecule has 104 valence electrons. The molecule has 0 bridgehead atoms. The van der Waals surface area contributed by atoms with E-state index in [0.29, 0.717) is 10.7 Å². The van der Waals surface area contributed by atoms with Gasteiger partial charge in [-0.05, 0) is 47.1 Å². The second-order valence-electron chi connectivity index (χ2n) is 3.97. The molecule has 2 aromatic rings. The second kappa shape index (κ2) is 6.08. The normalized spacial score (nSPS) is 10.4. The van der Waals surface area contributed by atoms with Gasteiger partial charge in [-0.1, -0.05) is 23.2 Å². The van der Waals surface area contributed by atoms with Crippen LogP contribution in [0.2, 0.25) is 10.0 Å². The molecule has 0 fully saturated rings. The van der Waals surface area contributed by atoms with Gasteiger partial charge in [0, 0.05) is 5.56 Å². The number of nitrogens with one attached hydrogen (secondary N) is 1. The zero-order valence-corrected chi connectivity index (χ0v) is 13.3. The van der Waals surface area contributed by atoms with Gasteiger partial charge in [-0.15, -0.1) is 0 Å². The van der Waals surface area contributed by atoms with Crippen LogP contribution in [-0.4, -0.2) is 10.9 Å². The Hall–Kier alpha value is -1.17. The topological polar surface area (TPSA) is 42.0 Å². The molecule has 0 aliphatic carbocycles. The summed E-state index contributed by atoms with van der Waals surface area (Å²) in [4.78, 5) is 16.1. The van der Waals surface area contributed by atoms with Crippen LogP contribution in [0.1, 0.15) is 16.1 Å². The summed E-state index contributed by atoms with van der Waals surface area (Å²) in [5, 5.41) is 3.20. The number of carbonyl (C=O) groups is 1. The van der Waals surface area contributed by atoms with E-state index in [4.69, 9.17) is 23.2 Å². The van der Waals surface area contributed by atoms with Crippen LogP contribution in [0.15, 0.2) is 28.7 Å². The van der Waals surface area contributed by atoms with E-state index in [-0.39, 0.29) is 20.9 Å². The SMILES string of the molecule is Cc1nc(NC(=O)c2ccc(F)c(Br)c2)c(Cl)cc1Cl. The van der Waals surface area contributed by atoms with E-state index in [2.05, 4.69) is 26.2 Å². The fraction of sp³-hybridized carbons (Fsp3) is 0.0769. The molecule has 1 heterocycles. The van der Waals surface area contributed by atoms with E-state index >= 15 is 0 Å². The van der Waals surface area contributed by atoms with Crippen LogP contribution in [0, 0.1) is 12.7 Å². The number of anilines is 1. The largest absolute Gasteiger partial charge is 0.305 e. The average Bonchev–Trinajstić information content (AvgIpc) is 2.39. The molecule has 0 saturated heterocycles. The number of amides is 1. The fourth-order valence-electron chi connectivity index (χ4n) is 1.46. The van der Waals surface area contributed by atoms with E-state index in [9.17, 15) is 9.18 Å². The van der Waals surface area contributed by atoms with Crippen molar-refractivity contribution in [3.63, 3.8) is 0 Å². The highest BCUT2D eigenvalue weighted by atomic mass is 79.9. The quantitative estimate of drug-likeness (QED) is 0.812. The van der Waals surface area contributed by atoms with Crippen LogP contribution in [0.25, 0.3) is 0 Å². The van der Waals surface area contributed by atoms with Gasteiger partial charge in [0.05, 0.1) is 20.2 Å². The minimum absolute atomic E-state index is 0.205. The number of hydrogen-bond donors (Lipinski definition) is 1. The Bertz CT molecular complexity index is 694. The minimum Gasteiger partial charge on any atom is -0.305 e. The highest BCUT2D eigenvalue weighted by molar-refractivity contribution is 9.10. The summed E-state index contributed by atoms with van der Waals surface area (Å²) in [5.74, 6) is -0.680. The van der Waals surface area contributed by atoms with Gasteiger partial charge in [0.15, 0.2) is 5.82 Å². The lowest BCUT2D eigenvalue weighted by molar-refractivity contribution is 0.102. The lowest BCUT2D eigenvalue weighted by Crippen LogP contribution is -2.14. The van der Waals surface area contributed by atoms with Crippen molar-refractivity contribution >= 4 is 50.9 Å². The van der Waals surface area contributed by atoms with Crippen LogP contribution in [0.3, 0.4) is 0 Å². The van der Waals surface area contributed by atoms with Gasteiger partial charge in [0.25, 0.3) is 5.91 Å². The maximum absolute atomic E-state index is 13.1. The Kier molecular flexibility index (Phi) is 4.62. The number of nitrogens with zero attached hydrogens (tertiary/aromatic N) is 1. The van der Waals surface area contributed by atoms with Crippen molar-refractivity contribution in [2.24, 2.45) is 0 Å². The molecule has 0 atom stereocenters. The number of aryl methyl sites for hydroxylation is 1. The Morgan fingerprint density at radius 2 is 2.00 bits per heavy atom. The summed E-state index contributed by atoms with van der Waals surface area (Å²) >= 11 is 14.9. The molecular weight excluding hydrogens is 370 g/mol. The van der Waals surface area contributed by atoms with Crippen molar-refractivity contribution < 1.29 is 9.18 Å². The summed E-state index contributed by atoms with van der Waals surface area (Å²) in [6.07, 6.45) is 0. The number of hydrogen-bond acceptors (Lipinski definition) is 2. The summed E-state index contributed by atoms with van der Waals surface area (Å²) in [6.45, 7) is 1.70. The van der Waals surface area contributed by atoms with Crippen molar-refractivity contribution in [2.75, 3.05) is 5.32 Å². The number of carbonyl (C=O) groups excluding carboxylic acids is 1. The standard InChI is InChI=1S/C13H8BrCl2FN2O/c1-6-9(15)5-10(16)12(18-6)19-13(20)7-2-3-11(17)8(14)4-7/h2-5H,1H3,(H,18,19,20). The molecular formula is C13H8BrCl2FN2O. The number of pyridine rings is 1. The van der Waals surface area contributed by atoms with E-state index in [1.807, 2.05) is 0 Å². The maximum atomic E-state index is 13.1. The summed E-state index contributed by atoms with van der Waals surface area (Å²) in [6, 6.07) is 5.44. The van der Waals surface area contributed by atoms with Gasteiger partial charge in [0.2, 0.25) is 0 Å². The predicted octanol–water partition coefficient (Wildman–Crippen LogP) is 4.85.